The zero-order valence-electron chi connectivity index (χ0n) is 8.54. The molecule has 1 saturated heterocycles. The number of carboxylic acid groups (broad SMARTS) is 1. The molecule has 0 amide bonds. The SMILES string of the molecule is CC(C)(C)CC1SCCC1C(=O)O. The molecular formula is C10H18O2S. The molecule has 1 heterocycles. The highest BCUT2D eigenvalue weighted by Gasteiger charge is 2.35. The predicted molar refractivity (Wildman–Crippen MR) is 56.1 cm³/mol. The Morgan fingerprint density at radius 3 is 2.62 bits per heavy atom. The van der Waals surface area contributed by atoms with Gasteiger partial charge in [0.05, 0.1) is 5.92 Å². The van der Waals surface area contributed by atoms with Crippen molar-refractivity contribution in [1.82, 2.24) is 0 Å². The van der Waals surface area contributed by atoms with E-state index in [2.05, 4.69) is 20.8 Å². The minimum absolute atomic E-state index is 0.107. The summed E-state index contributed by atoms with van der Waals surface area (Å²) in [6.07, 6.45) is 1.86. The summed E-state index contributed by atoms with van der Waals surface area (Å²) in [6.45, 7) is 6.51. The van der Waals surface area contributed by atoms with Crippen LogP contribution in [0.2, 0.25) is 0 Å². The van der Waals surface area contributed by atoms with Crippen LogP contribution >= 0.6 is 11.8 Å². The maximum atomic E-state index is 10.9. The van der Waals surface area contributed by atoms with Crippen molar-refractivity contribution in [2.75, 3.05) is 5.75 Å². The molecule has 2 unspecified atom stereocenters. The first kappa shape index (κ1) is 10.9. The molecular weight excluding hydrogens is 184 g/mol. The molecule has 1 N–H and O–H groups in total. The largest absolute Gasteiger partial charge is 0.481 e. The van der Waals surface area contributed by atoms with Gasteiger partial charge in [0, 0.05) is 5.25 Å². The van der Waals surface area contributed by atoms with Crippen molar-refractivity contribution in [3.8, 4) is 0 Å². The average molecular weight is 202 g/mol. The highest BCUT2D eigenvalue weighted by atomic mass is 32.2. The fraction of sp³-hybridized carbons (Fsp3) is 0.900. The van der Waals surface area contributed by atoms with E-state index in [1.54, 1.807) is 0 Å². The number of thioether (sulfide) groups is 1. The minimum Gasteiger partial charge on any atom is -0.481 e. The predicted octanol–water partition coefficient (Wildman–Crippen LogP) is 2.63. The summed E-state index contributed by atoms with van der Waals surface area (Å²) >= 11 is 1.82. The number of hydrogen-bond donors (Lipinski definition) is 1. The van der Waals surface area contributed by atoms with E-state index in [0.29, 0.717) is 5.25 Å². The number of carboxylic acids is 1. The van der Waals surface area contributed by atoms with Crippen LogP contribution in [-0.2, 0) is 4.79 Å². The van der Waals surface area contributed by atoms with E-state index in [9.17, 15) is 4.79 Å². The molecule has 0 bridgehead atoms. The van der Waals surface area contributed by atoms with Gasteiger partial charge < -0.3 is 5.11 Å². The summed E-state index contributed by atoms with van der Waals surface area (Å²) in [6, 6.07) is 0. The first-order valence-corrected chi connectivity index (χ1v) is 5.79. The third-order valence-corrected chi connectivity index (χ3v) is 3.74. The van der Waals surface area contributed by atoms with Gasteiger partial charge in [-0.1, -0.05) is 20.8 Å². The second kappa shape index (κ2) is 3.91. The maximum Gasteiger partial charge on any atom is 0.307 e. The van der Waals surface area contributed by atoms with E-state index >= 15 is 0 Å². The van der Waals surface area contributed by atoms with Crippen LogP contribution in [0.4, 0.5) is 0 Å². The lowest BCUT2D eigenvalue weighted by Gasteiger charge is -2.24. The van der Waals surface area contributed by atoms with E-state index in [4.69, 9.17) is 5.11 Å². The zero-order chi connectivity index (χ0) is 10.1. The zero-order valence-corrected chi connectivity index (χ0v) is 9.36. The van der Waals surface area contributed by atoms with Crippen molar-refractivity contribution in [3.05, 3.63) is 0 Å². The Bertz CT molecular complexity index is 196. The Hall–Kier alpha value is -0.180. The van der Waals surface area contributed by atoms with Crippen molar-refractivity contribution < 1.29 is 9.90 Å². The number of rotatable bonds is 2. The first-order valence-electron chi connectivity index (χ1n) is 4.74. The summed E-state index contributed by atoms with van der Waals surface area (Å²) < 4.78 is 0. The van der Waals surface area contributed by atoms with Crippen LogP contribution < -0.4 is 0 Å². The van der Waals surface area contributed by atoms with E-state index in [1.165, 1.54) is 0 Å². The summed E-state index contributed by atoms with van der Waals surface area (Å²) in [5, 5.41) is 9.30. The molecule has 76 valence electrons. The Kier molecular flexibility index (Phi) is 3.28. The molecule has 1 rings (SSSR count). The van der Waals surface area contributed by atoms with Gasteiger partial charge in [-0.25, -0.2) is 0 Å². The van der Waals surface area contributed by atoms with Crippen LogP contribution in [0, 0.1) is 11.3 Å². The third-order valence-electron chi connectivity index (χ3n) is 2.34. The van der Waals surface area contributed by atoms with Gasteiger partial charge in [0.15, 0.2) is 0 Å². The van der Waals surface area contributed by atoms with Gasteiger partial charge in [-0.3, -0.25) is 4.79 Å². The van der Waals surface area contributed by atoms with Crippen LogP contribution in [0.5, 0.6) is 0 Å². The maximum absolute atomic E-state index is 10.9. The molecule has 13 heavy (non-hydrogen) atoms. The van der Waals surface area contributed by atoms with Crippen LogP contribution in [0.3, 0.4) is 0 Å². The van der Waals surface area contributed by atoms with Crippen molar-refractivity contribution in [2.45, 2.75) is 38.9 Å². The molecule has 0 spiro atoms. The highest BCUT2D eigenvalue weighted by molar-refractivity contribution is 8.00. The van der Waals surface area contributed by atoms with E-state index < -0.39 is 5.97 Å². The lowest BCUT2D eigenvalue weighted by Crippen LogP contribution is -2.25. The van der Waals surface area contributed by atoms with Gasteiger partial charge in [-0.05, 0) is 24.0 Å². The fourth-order valence-corrected chi connectivity index (χ4v) is 3.53. The summed E-state index contributed by atoms with van der Waals surface area (Å²) in [5.74, 6) is 0.293. The Labute approximate surface area is 84.1 Å². The van der Waals surface area contributed by atoms with Crippen LogP contribution in [-0.4, -0.2) is 22.1 Å². The van der Waals surface area contributed by atoms with Crippen molar-refractivity contribution in [2.24, 2.45) is 11.3 Å². The van der Waals surface area contributed by atoms with Crippen LogP contribution in [0.25, 0.3) is 0 Å². The quantitative estimate of drug-likeness (QED) is 0.748. The molecule has 0 saturated carbocycles. The van der Waals surface area contributed by atoms with Gasteiger partial charge in [0.25, 0.3) is 0 Å². The number of hydrogen-bond acceptors (Lipinski definition) is 2. The smallest absolute Gasteiger partial charge is 0.307 e. The molecule has 0 aromatic rings. The van der Waals surface area contributed by atoms with Gasteiger partial charge >= 0.3 is 5.97 Å². The lowest BCUT2D eigenvalue weighted by atomic mass is 9.86. The molecule has 3 heteroatoms. The van der Waals surface area contributed by atoms with E-state index in [-0.39, 0.29) is 11.3 Å². The van der Waals surface area contributed by atoms with E-state index in [1.807, 2.05) is 11.8 Å². The van der Waals surface area contributed by atoms with Crippen LogP contribution in [0.15, 0.2) is 0 Å². The Balaban J connectivity index is 2.54. The summed E-state index contributed by atoms with van der Waals surface area (Å²) in [5.41, 5.74) is 0.246. The summed E-state index contributed by atoms with van der Waals surface area (Å²) in [7, 11) is 0. The Morgan fingerprint density at radius 2 is 2.15 bits per heavy atom. The first-order chi connectivity index (χ1) is 5.90. The Morgan fingerprint density at radius 1 is 1.54 bits per heavy atom. The fourth-order valence-electron chi connectivity index (χ4n) is 1.74. The minimum atomic E-state index is -0.612. The summed E-state index contributed by atoms with van der Waals surface area (Å²) in [4.78, 5) is 10.9. The second-order valence-corrected chi connectivity index (χ2v) is 6.25. The molecule has 0 aromatic heterocycles. The average Bonchev–Trinajstić information content (AvgIpc) is 2.31. The molecule has 1 aliphatic heterocycles. The normalized spacial score (nSPS) is 29.2. The molecule has 0 radical (unpaired) electrons. The molecule has 2 atom stereocenters. The van der Waals surface area contributed by atoms with Crippen molar-refractivity contribution >= 4 is 17.7 Å². The van der Waals surface area contributed by atoms with Crippen LogP contribution in [0.1, 0.15) is 33.6 Å². The molecule has 0 aromatic carbocycles. The van der Waals surface area contributed by atoms with Gasteiger partial charge in [-0.15, -0.1) is 0 Å². The number of aliphatic carboxylic acids is 1. The third kappa shape index (κ3) is 3.22. The molecule has 0 aliphatic carbocycles. The van der Waals surface area contributed by atoms with E-state index in [0.717, 1.165) is 18.6 Å². The van der Waals surface area contributed by atoms with Gasteiger partial charge in [0.1, 0.15) is 0 Å². The van der Waals surface area contributed by atoms with Crippen molar-refractivity contribution in [3.63, 3.8) is 0 Å². The van der Waals surface area contributed by atoms with Gasteiger partial charge in [0.2, 0.25) is 0 Å². The topological polar surface area (TPSA) is 37.3 Å². The van der Waals surface area contributed by atoms with Gasteiger partial charge in [-0.2, -0.15) is 11.8 Å². The lowest BCUT2D eigenvalue weighted by molar-refractivity contribution is -0.141. The van der Waals surface area contributed by atoms with Crippen molar-refractivity contribution in [1.29, 1.82) is 0 Å². The highest BCUT2D eigenvalue weighted by Crippen LogP contribution is 2.39. The second-order valence-electron chi connectivity index (χ2n) is 4.91. The molecule has 1 fully saturated rings. The molecule has 2 nitrogen and oxygen atoms in total. The monoisotopic (exact) mass is 202 g/mol. The standard InChI is InChI=1S/C10H18O2S/c1-10(2,3)6-8-7(9(11)12)4-5-13-8/h7-8H,4-6H2,1-3H3,(H,11,12). The number of carbonyl (C=O) groups is 1. The molecule has 1 aliphatic rings.